The van der Waals surface area contributed by atoms with Crippen molar-refractivity contribution in [2.45, 2.75) is 19.9 Å². The third kappa shape index (κ3) is 3.91. The summed E-state index contributed by atoms with van der Waals surface area (Å²) < 4.78 is 19.2. The smallest absolute Gasteiger partial charge is 0.338 e. The van der Waals surface area contributed by atoms with Crippen molar-refractivity contribution in [3.8, 4) is 11.5 Å². The monoisotopic (exact) mass is 526 g/mol. The number of hydrogen-bond donors (Lipinski definition) is 0. The Morgan fingerprint density at radius 3 is 2.76 bits per heavy atom. The zero-order chi connectivity index (χ0) is 23.1. The Labute approximate surface area is 201 Å². The first-order chi connectivity index (χ1) is 16.0. The van der Waals surface area contributed by atoms with Crippen LogP contribution >= 0.6 is 27.3 Å². The SMILES string of the molecule is CCOC(=O)C1=C(C)n2c(s/c(=C\c3ccc(Br)cc3)c2=O)=N[C@H]1c1ccc2c(c1)OCO2. The van der Waals surface area contributed by atoms with Gasteiger partial charge >= 0.3 is 5.97 Å². The van der Waals surface area contributed by atoms with Gasteiger partial charge in [-0.15, -0.1) is 0 Å². The summed E-state index contributed by atoms with van der Waals surface area (Å²) in [6.07, 6.45) is 1.83. The number of fused-ring (bicyclic) bond motifs is 2. The lowest BCUT2D eigenvalue weighted by molar-refractivity contribution is -0.138. The largest absolute Gasteiger partial charge is 0.463 e. The molecule has 0 bridgehead atoms. The Bertz CT molecular complexity index is 1470. The molecule has 2 aromatic carbocycles. The quantitative estimate of drug-likeness (QED) is 0.487. The minimum absolute atomic E-state index is 0.153. The Morgan fingerprint density at radius 2 is 2.00 bits per heavy atom. The van der Waals surface area contributed by atoms with E-state index in [2.05, 4.69) is 15.9 Å². The molecule has 2 aliphatic heterocycles. The summed E-state index contributed by atoms with van der Waals surface area (Å²) in [4.78, 5) is 31.6. The van der Waals surface area contributed by atoms with Crippen LogP contribution in [0.5, 0.6) is 11.5 Å². The third-order valence-electron chi connectivity index (χ3n) is 5.42. The van der Waals surface area contributed by atoms with Crippen LogP contribution < -0.4 is 24.4 Å². The highest BCUT2D eigenvalue weighted by atomic mass is 79.9. The number of rotatable bonds is 4. The number of nitrogens with zero attached hydrogens (tertiary/aromatic N) is 2. The molecule has 0 unspecified atom stereocenters. The summed E-state index contributed by atoms with van der Waals surface area (Å²) >= 11 is 4.71. The summed E-state index contributed by atoms with van der Waals surface area (Å²) in [6, 6.07) is 12.5. The molecular weight excluding hydrogens is 508 g/mol. The zero-order valence-corrected chi connectivity index (χ0v) is 20.2. The molecule has 0 spiro atoms. The van der Waals surface area contributed by atoms with Gasteiger partial charge in [0.1, 0.15) is 6.04 Å². The zero-order valence-electron chi connectivity index (χ0n) is 17.8. The molecule has 3 heterocycles. The summed E-state index contributed by atoms with van der Waals surface area (Å²) in [6.45, 7) is 3.87. The first-order valence-electron chi connectivity index (χ1n) is 10.3. The molecule has 0 N–H and O–H groups in total. The first kappa shape index (κ1) is 21.7. The lowest BCUT2D eigenvalue weighted by atomic mass is 9.96. The lowest BCUT2D eigenvalue weighted by Gasteiger charge is -2.22. The van der Waals surface area contributed by atoms with Gasteiger partial charge in [-0.05, 0) is 55.3 Å². The highest BCUT2D eigenvalue weighted by Crippen LogP contribution is 2.38. The maximum Gasteiger partial charge on any atom is 0.338 e. The van der Waals surface area contributed by atoms with Gasteiger partial charge in [-0.25, -0.2) is 9.79 Å². The number of allylic oxidation sites excluding steroid dienone is 1. The van der Waals surface area contributed by atoms with Crippen LogP contribution in [0.25, 0.3) is 11.8 Å². The maximum atomic E-state index is 13.3. The van der Waals surface area contributed by atoms with Gasteiger partial charge in [-0.3, -0.25) is 9.36 Å². The fourth-order valence-corrected chi connectivity index (χ4v) is 5.16. The van der Waals surface area contributed by atoms with Crippen molar-refractivity contribution in [1.29, 1.82) is 0 Å². The molecule has 3 aromatic rings. The second-order valence-corrected chi connectivity index (χ2v) is 9.37. The topological polar surface area (TPSA) is 79.1 Å². The standard InChI is InChI=1S/C24H19BrN2O5S/c1-3-30-23(29)20-13(2)27-22(28)19(10-14-4-7-16(25)8-5-14)33-24(27)26-21(20)15-6-9-17-18(11-15)32-12-31-17/h4-11,21H,3,12H2,1-2H3/b19-10-/t21-/m0/s1. The Hall–Kier alpha value is -3.17. The molecule has 0 amide bonds. The average molecular weight is 527 g/mol. The fraction of sp³-hybridized carbons (Fsp3) is 0.208. The van der Waals surface area contributed by atoms with Crippen LogP contribution in [0.2, 0.25) is 0 Å². The van der Waals surface area contributed by atoms with Crippen molar-refractivity contribution in [3.63, 3.8) is 0 Å². The van der Waals surface area contributed by atoms with Crippen molar-refractivity contribution in [2.75, 3.05) is 13.4 Å². The van der Waals surface area contributed by atoms with Crippen LogP contribution in [0.4, 0.5) is 0 Å². The molecule has 33 heavy (non-hydrogen) atoms. The summed E-state index contributed by atoms with van der Waals surface area (Å²) in [7, 11) is 0. The molecule has 0 saturated heterocycles. The van der Waals surface area contributed by atoms with Gasteiger partial charge < -0.3 is 14.2 Å². The van der Waals surface area contributed by atoms with Gasteiger partial charge in [-0.1, -0.05) is 45.5 Å². The number of benzene rings is 2. The summed E-state index contributed by atoms with van der Waals surface area (Å²) in [5.41, 5.74) is 2.28. The molecule has 0 saturated carbocycles. The number of halogens is 1. The van der Waals surface area contributed by atoms with E-state index in [-0.39, 0.29) is 19.0 Å². The van der Waals surface area contributed by atoms with Crippen LogP contribution in [-0.2, 0) is 9.53 Å². The predicted octanol–water partition coefficient (Wildman–Crippen LogP) is 3.40. The summed E-state index contributed by atoms with van der Waals surface area (Å²) in [5, 5.41) is 0. The van der Waals surface area contributed by atoms with E-state index in [0.717, 1.165) is 15.6 Å². The minimum Gasteiger partial charge on any atom is -0.463 e. The van der Waals surface area contributed by atoms with E-state index in [9.17, 15) is 9.59 Å². The van der Waals surface area contributed by atoms with E-state index in [1.807, 2.05) is 42.5 Å². The van der Waals surface area contributed by atoms with Crippen molar-refractivity contribution >= 4 is 45.0 Å². The first-order valence-corrected chi connectivity index (χ1v) is 11.9. The van der Waals surface area contributed by atoms with Gasteiger partial charge in [-0.2, -0.15) is 0 Å². The van der Waals surface area contributed by atoms with Crippen molar-refractivity contribution in [1.82, 2.24) is 4.57 Å². The van der Waals surface area contributed by atoms with Gasteiger partial charge in [0, 0.05) is 10.2 Å². The summed E-state index contributed by atoms with van der Waals surface area (Å²) in [5.74, 6) is 0.748. The van der Waals surface area contributed by atoms with Crippen LogP contribution in [0, 0.1) is 0 Å². The van der Waals surface area contributed by atoms with E-state index in [1.54, 1.807) is 19.9 Å². The predicted molar refractivity (Wildman–Crippen MR) is 128 cm³/mol. The van der Waals surface area contributed by atoms with Crippen molar-refractivity contribution < 1.29 is 19.0 Å². The Morgan fingerprint density at radius 1 is 1.24 bits per heavy atom. The third-order valence-corrected chi connectivity index (χ3v) is 6.93. The molecule has 5 rings (SSSR count). The highest BCUT2D eigenvalue weighted by molar-refractivity contribution is 9.10. The molecular formula is C24H19BrN2O5S. The molecule has 9 heteroatoms. The molecule has 168 valence electrons. The molecule has 0 aliphatic carbocycles. The number of thiazole rings is 1. The number of hydrogen-bond acceptors (Lipinski definition) is 7. The van der Waals surface area contributed by atoms with Crippen molar-refractivity contribution in [3.05, 3.63) is 83.3 Å². The number of aromatic nitrogens is 1. The second kappa shape index (κ2) is 8.64. The lowest BCUT2D eigenvalue weighted by Crippen LogP contribution is -2.35. The molecule has 1 atom stereocenters. The molecule has 0 radical (unpaired) electrons. The highest BCUT2D eigenvalue weighted by Gasteiger charge is 2.32. The minimum atomic E-state index is -0.628. The van der Waals surface area contributed by atoms with E-state index in [4.69, 9.17) is 19.2 Å². The van der Waals surface area contributed by atoms with Gasteiger partial charge in [0.15, 0.2) is 16.3 Å². The normalized spacial score (nSPS) is 17.1. The Balaban J connectivity index is 1.70. The van der Waals surface area contributed by atoms with Crippen LogP contribution in [0.15, 0.2) is 62.3 Å². The Kier molecular flexibility index (Phi) is 5.67. The number of carbonyl (C=O) groups excluding carboxylic acids is 1. The maximum absolute atomic E-state index is 13.3. The van der Waals surface area contributed by atoms with E-state index >= 15 is 0 Å². The molecule has 1 aromatic heterocycles. The van der Waals surface area contributed by atoms with Gasteiger partial charge in [0.2, 0.25) is 6.79 Å². The molecule has 7 nitrogen and oxygen atoms in total. The van der Waals surface area contributed by atoms with E-state index in [0.29, 0.717) is 32.1 Å². The van der Waals surface area contributed by atoms with E-state index in [1.165, 1.54) is 15.9 Å². The second-order valence-electron chi connectivity index (χ2n) is 7.45. The average Bonchev–Trinajstić information content (AvgIpc) is 3.39. The number of esters is 1. The van der Waals surface area contributed by atoms with Crippen molar-refractivity contribution in [2.24, 2.45) is 4.99 Å². The number of carbonyl (C=O) groups is 1. The van der Waals surface area contributed by atoms with Crippen LogP contribution in [-0.4, -0.2) is 23.9 Å². The number of ether oxygens (including phenoxy) is 3. The van der Waals surface area contributed by atoms with Crippen LogP contribution in [0.1, 0.15) is 31.0 Å². The molecule has 0 fully saturated rings. The van der Waals surface area contributed by atoms with E-state index < -0.39 is 12.0 Å². The van der Waals surface area contributed by atoms with Gasteiger partial charge in [0.05, 0.1) is 16.7 Å². The fourth-order valence-electron chi connectivity index (χ4n) is 3.85. The van der Waals surface area contributed by atoms with Gasteiger partial charge in [0.25, 0.3) is 5.56 Å². The van der Waals surface area contributed by atoms with Crippen LogP contribution in [0.3, 0.4) is 0 Å². The molecule has 2 aliphatic rings.